The van der Waals surface area contributed by atoms with Crippen molar-refractivity contribution >= 4 is 18.3 Å². The van der Waals surface area contributed by atoms with Crippen molar-refractivity contribution in [2.75, 3.05) is 13.2 Å². The zero-order valence-electron chi connectivity index (χ0n) is 12.4. The summed E-state index contributed by atoms with van der Waals surface area (Å²) in [5.74, 6) is 0.940. The fraction of sp³-hybridized carbons (Fsp3) is 0.533. The first-order chi connectivity index (χ1) is 9.00. The van der Waals surface area contributed by atoms with E-state index in [2.05, 4.69) is 5.32 Å². The number of nitrogens with one attached hydrogen (secondary N) is 1. The van der Waals surface area contributed by atoms with Gasteiger partial charge in [0.05, 0.1) is 6.54 Å². The summed E-state index contributed by atoms with van der Waals surface area (Å²) in [7, 11) is 0. The molecule has 1 atom stereocenters. The molecule has 4 nitrogen and oxygen atoms in total. The van der Waals surface area contributed by atoms with Crippen LogP contribution in [0.5, 0.6) is 5.75 Å². The van der Waals surface area contributed by atoms with Gasteiger partial charge in [-0.3, -0.25) is 4.79 Å². The van der Waals surface area contributed by atoms with Gasteiger partial charge in [0.25, 0.3) is 0 Å². The number of hydrogen-bond donors (Lipinski definition) is 2. The molecule has 1 aromatic rings. The normalized spacial score (nSPS) is 11.4. The maximum atomic E-state index is 11.5. The van der Waals surface area contributed by atoms with Crippen molar-refractivity contribution in [1.29, 1.82) is 0 Å². The largest absolute Gasteiger partial charge is 0.491 e. The Hall–Kier alpha value is -1.26. The summed E-state index contributed by atoms with van der Waals surface area (Å²) in [5, 5.41) is 2.83. The smallest absolute Gasteiger partial charge is 0.220 e. The van der Waals surface area contributed by atoms with E-state index in [0.29, 0.717) is 26.0 Å². The number of carbonyl (C=O) groups excluding carboxylic acids is 1. The summed E-state index contributed by atoms with van der Waals surface area (Å²) in [5.41, 5.74) is 7.83. The van der Waals surface area contributed by atoms with Crippen LogP contribution in [-0.4, -0.2) is 25.1 Å². The predicted octanol–water partition coefficient (Wildman–Crippen LogP) is 2.35. The molecule has 0 fully saturated rings. The highest BCUT2D eigenvalue weighted by Gasteiger charge is 2.05. The third-order valence-corrected chi connectivity index (χ3v) is 2.91. The Morgan fingerprint density at radius 1 is 1.35 bits per heavy atom. The molecule has 1 rings (SSSR count). The summed E-state index contributed by atoms with van der Waals surface area (Å²) >= 11 is 0. The molecule has 20 heavy (non-hydrogen) atoms. The second-order valence-electron chi connectivity index (χ2n) is 4.94. The van der Waals surface area contributed by atoms with Crippen LogP contribution in [-0.2, 0) is 4.79 Å². The molecule has 0 saturated carbocycles. The lowest BCUT2D eigenvalue weighted by atomic mass is 10.1. The maximum Gasteiger partial charge on any atom is 0.220 e. The minimum Gasteiger partial charge on any atom is -0.491 e. The molecule has 0 spiro atoms. The van der Waals surface area contributed by atoms with E-state index < -0.39 is 0 Å². The van der Waals surface area contributed by atoms with E-state index in [0.717, 1.165) is 16.9 Å². The van der Waals surface area contributed by atoms with Crippen LogP contribution in [0.2, 0.25) is 0 Å². The zero-order chi connectivity index (χ0) is 14.3. The van der Waals surface area contributed by atoms with Crippen molar-refractivity contribution in [3.8, 4) is 5.75 Å². The van der Waals surface area contributed by atoms with Gasteiger partial charge < -0.3 is 15.8 Å². The Kier molecular flexibility index (Phi) is 9.01. The van der Waals surface area contributed by atoms with Crippen LogP contribution >= 0.6 is 12.4 Å². The summed E-state index contributed by atoms with van der Waals surface area (Å²) < 4.78 is 5.70. The highest BCUT2D eigenvalue weighted by molar-refractivity contribution is 5.85. The topological polar surface area (TPSA) is 64.3 Å². The zero-order valence-corrected chi connectivity index (χ0v) is 13.3. The molecule has 1 aromatic carbocycles. The molecule has 0 aliphatic heterocycles. The lowest BCUT2D eigenvalue weighted by Crippen LogP contribution is -2.29. The van der Waals surface area contributed by atoms with E-state index >= 15 is 0 Å². The molecule has 114 valence electrons. The van der Waals surface area contributed by atoms with Crippen molar-refractivity contribution in [2.24, 2.45) is 5.73 Å². The Morgan fingerprint density at radius 3 is 2.50 bits per heavy atom. The number of rotatable bonds is 7. The highest BCUT2D eigenvalue weighted by Crippen LogP contribution is 2.21. The molecule has 0 aliphatic rings. The number of hydrogen-bond acceptors (Lipinski definition) is 3. The van der Waals surface area contributed by atoms with Gasteiger partial charge in [0, 0.05) is 12.5 Å². The van der Waals surface area contributed by atoms with Crippen molar-refractivity contribution in [2.45, 2.75) is 39.7 Å². The highest BCUT2D eigenvalue weighted by atomic mass is 35.5. The van der Waals surface area contributed by atoms with Crippen LogP contribution in [0, 0.1) is 13.8 Å². The van der Waals surface area contributed by atoms with E-state index in [1.54, 1.807) is 0 Å². The van der Waals surface area contributed by atoms with Crippen molar-refractivity contribution in [1.82, 2.24) is 5.32 Å². The van der Waals surface area contributed by atoms with Gasteiger partial charge in [-0.25, -0.2) is 0 Å². The van der Waals surface area contributed by atoms with E-state index in [1.807, 2.05) is 39.0 Å². The Balaban J connectivity index is 0.00000361. The fourth-order valence-corrected chi connectivity index (χ4v) is 1.82. The maximum absolute atomic E-state index is 11.5. The molecule has 5 heteroatoms. The monoisotopic (exact) mass is 300 g/mol. The standard InChI is InChI=1S/C15H24N2O2.ClH/c1-11-5-4-6-12(2)15(11)19-10-9-17-14(18)8-7-13(3)16;/h4-6,13H,7-10,16H2,1-3H3,(H,17,18);1H. The Labute approximate surface area is 127 Å². The number of amides is 1. The molecule has 0 bridgehead atoms. The van der Waals surface area contributed by atoms with Crippen LogP contribution in [0.25, 0.3) is 0 Å². The third kappa shape index (κ3) is 6.78. The first-order valence-electron chi connectivity index (χ1n) is 6.72. The second kappa shape index (κ2) is 9.61. The van der Waals surface area contributed by atoms with Gasteiger partial charge in [-0.05, 0) is 38.3 Å². The lowest BCUT2D eigenvalue weighted by molar-refractivity contribution is -0.121. The minimum atomic E-state index is 0. The van der Waals surface area contributed by atoms with Gasteiger partial charge in [0.15, 0.2) is 0 Å². The van der Waals surface area contributed by atoms with Gasteiger partial charge in [-0.1, -0.05) is 18.2 Å². The molecule has 1 amide bonds. The van der Waals surface area contributed by atoms with Gasteiger partial charge in [0.2, 0.25) is 5.91 Å². The van der Waals surface area contributed by atoms with Gasteiger partial charge in [0.1, 0.15) is 12.4 Å². The number of aryl methyl sites for hydroxylation is 2. The molecule has 0 saturated heterocycles. The predicted molar refractivity (Wildman–Crippen MR) is 84.6 cm³/mol. The van der Waals surface area contributed by atoms with Crippen LogP contribution < -0.4 is 15.8 Å². The number of carbonyl (C=O) groups is 1. The van der Waals surface area contributed by atoms with Crippen molar-refractivity contribution in [3.63, 3.8) is 0 Å². The summed E-state index contributed by atoms with van der Waals surface area (Å²) in [6.07, 6.45) is 1.19. The third-order valence-electron chi connectivity index (χ3n) is 2.91. The van der Waals surface area contributed by atoms with E-state index in [9.17, 15) is 4.79 Å². The van der Waals surface area contributed by atoms with Crippen LogP contribution in [0.1, 0.15) is 30.9 Å². The average Bonchev–Trinajstić information content (AvgIpc) is 2.35. The molecular weight excluding hydrogens is 276 g/mol. The summed E-state index contributed by atoms with van der Waals surface area (Å²) in [6, 6.07) is 6.11. The number of ether oxygens (including phenoxy) is 1. The average molecular weight is 301 g/mol. The first-order valence-corrected chi connectivity index (χ1v) is 6.72. The van der Waals surface area contributed by atoms with Crippen LogP contribution in [0.3, 0.4) is 0 Å². The molecule has 0 heterocycles. The SMILES string of the molecule is Cc1cccc(C)c1OCCNC(=O)CCC(C)N.Cl. The summed E-state index contributed by atoms with van der Waals surface area (Å²) in [6.45, 7) is 6.94. The van der Waals surface area contributed by atoms with Crippen molar-refractivity contribution in [3.05, 3.63) is 29.3 Å². The molecule has 0 aromatic heterocycles. The number of para-hydroxylation sites is 1. The number of nitrogens with two attached hydrogens (primary N) is 1. The molecule has 0 radical (unpaired) electrons. The van der Waals surface area contributed by atoms with E-state index in [4.69, 9.17) is 10.5 Å². The number of benzene rings is 1. The molecule has 1 unspecified atom stereocenters. The first kappa shape index (κ1) is 18.7. The van der Waals surface area contributed by atoms with Gasteiger partial charge in [-0.15, -0.1) is 12.4 Å². The molecule has 0 aliphatic carbocycles. The Bertz CT molecular complexity index is 402. The Morgan fingerprint density at radius 2 is 1.95 bits per heavy atom. The minimum absolute atomic E-state index is 0. The van der Waals surface area contributed by atoms with Crippen LogP contribution in [0.4, 0.5) is 0 Å². The van der Waals surface area contributed by atoms with Gasteiger partial charge in [-0.2, -0.15) is 0 Å². The lowest BCUT2D eigenvalue weighted by Gasteiger charge is -2.12. The van der Waals surface area contributed by atoms with E-state index in [-0.39, 0.29) is 24.4 Å². The molecular formula is C15H25ClN2O2. The molecule has 3 N–H and O–H groups in total. The van der Waals surface area contributed by atoms with Gasteiger partial charge >= 0.3 is 0 Å². The summed E-state index contributed by atoms with van der Waals surface area (Å²) in [4.78, 5) is 11.5. The quantitative estimate of drug-likeness (QED) is 0.760. The van der Waals surface area contributed by atoms with E-state index in [1.165, 1.54) is 0 Å². The van der Waals surface area contributed by atoms with Crippen molar-refractivity contribution < 1.29 is 9.53 Å². The second-order valence-corrected chi connectivity index (χ2v) is 4.94. The van der Waals surface area contributed by atoms with Crippen LogP contribution in [0.15, 0.2) is 18.2 Å². The fourth-order valence-electron chi connectivity index (χ4n) is 1.82. The number of halogens is 1.